The topological polar surface area (TPSA) is 148 Å². The van der Waals surface area contributed by atoms with Crippen LogP contribution in [-0.4, -0.2) is 41.6 Å². The normalized spacial score (nSPS) is 11.2. The second-order valence-electron chi connectivity index (χ2n) is 6.14. The van der Waals surface area contributed by atoms with Crippen molar-refractivity contribution in [3.05, 3.63) is 71.3 Å². The standard InChI is InChI=1S/C20H21N3O6/c21-18(25)16(10-13-6-8-15(9-7-13)19(26)27)23-17(24)11-22-20(28)29-12-14-4-2-1-3-5-14/h1-9,16H,10-12H2,(H2,21,25)(H,22,28)(H,23,24)(H,26,27)/t16-/m0/s1. The number of ether oxygens (including phenoxy) is 1. The van der Waals surface area contributed by atoms with Gasteiger partial charge in [0.05, 0.1) is 5.56 Å². The van der Waals surface area contributed by atoms with Crippen LogP contribution in [0.15, 0.2) is 54.6 Å². The average Bonchev–Trinajstić information content (AvgIpc) is 2.71. The molecule has 0 bridgehead atoms. The first kappa shape index (κ1) is 21.4. The molecule has 1 atom stereocenters. The number of primary amides is 1. The Morgan fingerprint density at radius 3 is 2.21 bits per heavy atom. The number of carboxylic acids is 1. The molecule has 29 heavy (non-hydrogen) atoms. The average molecular weight is 399 g/mol. The zero-order valence-electron chi connectivity index (χ0n) is 15.5. The van der Waals surface area contributed by atoms with Crippen molar-refractivity contribution in [3.8, 4) is 0 Å². The van der Waals surface area contributed by atoms with E-state index in [0.29, 0.717) is 5.56 Å². The van der Waals surface area contributed by atoms with Crippen molar-refractivity contribution in [1.29, 1.82) is 0 Å². The van der Waals surface area contributed by atoms with Crippen molar-refractivity contribution in [1.82, 2.24) is 10.6 Å². The highest BCUT2D eigenvalue weighted by Crippen LogP contribution is 2.07. The SMILES string of the molecule is NC(=O)[C@H](Cc1ccc(C(=O)O)cc1)NC(=O)CNC(=O)OCc1ccccc1. The molecule has 0 radical (unpaired) electrons. The zero-order chi connectivity index (χ0) is 21.2. The summed E-state index contributed by atoms with van der Waals surface area (Å²) in [5, 5.41) is 13.6. The van der Waals surface area contributed by atoms with Gasteiger partial charge in [0.25, 0.3) is 0 Å². The number of alkyl carbamates (subject to hydrolysis) is 1. The molecule has 2 aromatic rings. The number of benzene rings is 2. The number of nitrogens with two attached hydrogens (primary N) is 1. The molecule has 0 aliphatic carbocycles. The number of carboxylic acid groups (broad SMARTS) is 1. The van der Waals surface area contributed by atoms with Gasteiger partial charge in [0, 0.05) is 6.42 Å². The maximum atomic E-state index is 12.0. The summed E-state index contributed by atoms with van der Waals surface area (Å²) in [6.45, 7) is -0.333. The number of hydrogen-bond acceptors (Lipinski definition) is 5. The lowest BCUT2D eigenvalue weighted by Crippen LogP contribution is -2.49. The van der Waals surface area contributed by atoms with Crippen molar-refractivity contribution in [2.75, 3.05) is 6.54 Å². The minimum Gasteiger partial charge on any atom is -0.478 e. The van der Waals surface area contributed by atoms with E-state index in [4.69, 9.17) is 15.6 Å². The van der Waals surface area contributed by atoms with Crippen LogP contribution in [0.5, 0.6) is 0 Å². The van der Waals surface area contributed by atoms with Crippen molar-refractivity contribution in [3.63, 3.8) is 0 Å². The van der Waals surface area contributed by atoms with Crippen LogP contribution in [0, 0.1) is 0 Å². The fourth-order valence-corrected chi connectivity index (χ4v) is 2.41. The Kier molecular flexibility index (Phi) is 7.72. The second-order valence-corrected chi connectivity index (χ2v) is 6.14. The van der Waals surface area contributed by atoms with E-state index in [2.05, 4.69) is 10.6 Å². The fourth-order valence-electron chi connectivity index (χ4n) is 2.41. The van der Waals surface area contributed by atoms with Crippen molar-refractivity contribution < 1.29 is 29.0 Å². The number of carbonyl (C=O) groups excluding carboxylic acids is 3. The summed E-state index contributed by atoms with van der Waals surface area (Å²) in [7, 11) is 0. The van der Waals surface area contributed by atoms with Gasteiger partial charge in [0.1, 0.15) is 19.2 Å². The molecule has 2 rings (SSSR count). The molecule has 0 aliphatic rings. The maximum absolute atomic E-state index is 12.0. The third-order valence-electron chi connectivity index (χ3n) is 3.93. The molecule has 2 aromatic carbocycles. The molecule has 9 nitrogen and oxygen atoms in total. The van der Waals surface area contributed by atoms with Gasteiger partial charge in [-0.1, -0.05) is 42.5 Å². The monoisotopic (exact) mass is 399 g/mol. The van der Waals surface area contributed by atoms with Crippen LogP contribution in [-0.2, 0) is 27.4 Å². The van der Waals surface area contributed by atoms with Crippen molar-refractivity contribution >= 4 is 23.9 Å². The quantitative estimate of drug-likeness (QED) is 0.491. The Labute approximate surface area is 166 Å². The van der Waals surface area contributed by atoms with E-state index >= 15 is 0 Å². The molecule has 3 amide bonds. The first-order valence-electron chi connectivity index (χ1n) is 8.70. The van der Waals surface area contributed by atoms with E-state index in [9.17, 15) is 19.2 Å². The van der Waals surface area contributed by atoms with Gasteiger partial charge in [-0.15, -0.1) is 0 Å². The molecule has 0 fully saturated rings. The van der Waals surface area contributed by atoms with Gasteiger partial charge in [-0.05, 0) is 23.3 Å². The van der Waals surface area contributed by atoms with E-state index in [1.54, 1.807) is 12.1 Å². The smallest absolute Gasteiger partial charge is 0.407 e. The number of nitrogens with one attached hydrogen (secondary N) is 2. The number of carbonyl (C=O) groups is 4. The van der Waals surface area contributed by atoms with E-state index in [0.717, 1.165) is 5.56 Å². The highest BCUT2D eigenvalue weighted by molar-refractivity contribution is 5.89. The van der Waals surface area contributed by atoms with Crippen molar-refractivity contribution in [2.24, 2.45) is 5.73 Å². The Bertz CT molecular complexity index is 868. The van der Waals surface area contributed by atoms with Gasteiger partial charge < -0.3 is 26.2 Å². The molecule has 0 spiro atoms. The van der Waals surface area contributed by atoms with Crippen LogP contribution in [0.4, 0.5) is 4.79 Å². The van der Waals surface area contributed by atoms with Gasteiger partial charge in [0.2, 0.25) is 11.8 Å². The Morgan fingerprint density at radius 1 is 0.966 bits per heavy atom. The van der Waals surface area contributed by atoms with Gasteiger partial charge in [-0.2, -0.15) is 0 Å². The summed E-state index contributed by atoms with van der Waals surface area (Å²) in [6.07, 6.45) is -0.691. The van der Waals surface area contributed by atoms with Crippen LogP contribution in [0.3, 0.4) is 0 Å². The molecule has 0 aromatic heterocycles. The van der Waals surface area contributed by atoms with E-state index in [1.807, 2.05) is 18.2 Å². The van der Waals surface area contributed by atoms with Gasteiger partial charge in [-0.25, -0.2) is 9.59 Å². The van der Waals surface area contributed by atoms with E-state index in [1.165, 1.54) is 24.3 Å². The Hall–Kier alpha value is -3.88. The third kappa shape index (κ3) is 7.33. The highest BCUT2D eigenvalue weighted by atomic mass is 16.5. The summed E-state index contributed by atoms with van der Waals surface area (Å²) >= 11 is 0. The molecular formula is C20H21N3O6. The largest absolute Gasteiger partial charge is 0.478 e. The minimum absolute atomic E-state index is 0.0601. The fraction of sp³-hybridized carbons (Fsp3) is 0.200. The molecule has 0 heterocycles. The van der Waals surface area contributed by atoms with Gasteiger partial charge >= 0.3 is 12.1 Å². The molecule has 0 saturated carbocycles. The predicted octanol–water partition coefficient (Wildman–Crippen LogP) is 0.824. The number of rotatable bonds is 9. The molecule has 0 unspecified atom stereocenters. The molecule has 9 heteroatoms. The number of aromatic carboxylic acids is 1. The lowest BCUT2D eigenvalue weighted by Gasteiger charge is -2.16. The van der Waals surface area contributed by atoms with Crippen LogP contribution < -0.4 is 16.4 Å². The summed E-state index contributed by atoms with van der Waals surface area (Å²) in [6, 6.07) is 13.9. The first-order valence-corrected chi connectivity index (χ1v) is 8.70. The highest BCUT2D eigenvalue weighted by Gasteiger charge is 2.19. The first-order chi connectivity index (χ1) is 13.8. The maximum Gasteiger partial charge on any atom is 0.407 e. The molecule has 0 saturated heterocycles. The lowest BCUT2D eigenvalue weighted by atomic mass is 10.0. The van der Waals surface area contributed by atoms with E-state index in [-0.39, 0.29) is 18.6 Å². The molecule has 152 valence electrons. The minimum atomic E-state index is -1.07. The Balaban J connectivity index is 1.80. The molecule has 5 N–H and O–H groups in total. The van der Waals surface area contributed by atoms with Crippen LogP contribution in [0.1, 0.15) is 21.5 Å². The summed E-state index contributed by atoms with van der Waals surface area (Å²) in [5.74, 6) is -2.44. The predicted molar refractivity (Wildman–Crippen MR) is 103 cm³/mol. The van der Waals surface area contributed by atoms with Crippen LogP contribution in [0.25, 0.3) is 0 Å². The molecule has 0 aliphatic heterocycles. The zero-order valence-corrected chi connectivity index (χ0v) is 15.5. The third-order valence-corrected chi connectivity index (χ3v) is 3.93. The van der Waals surface area contributed by atoms with Gasteiger partial charge in [0.15, 0.2) is 0 Å². The summed E-state index contributed by atoms with van der Waals surface area (Å²) in [4.78, 5) is 46.1. The van der Waals surface area contributed by atoms with Crippen LogP contribution >= 0.6 is 0 Å². The summed E-state index contributed by atoms with van der Waals surface area (Å²) in [5.41, 5.74) is 6.84. The Morgan fingerprint density at radius 2 is 1.62 bits per heavy atom. The number of amides is 3. The second kappa shape index (κ2) is 10.5. The van der Waals surface area contributed by atoms with Gasteiger partial charge in [-0.3, -0.25) is 9.59 Å². The summed E-state index contributed by atoms with van der Waals surface area (Å²) < 4.78 is 4.99. The molecular weight excluding hydrogens is 378 g/mol. The lowest BCUT2D eigenvalue weighted by molar-refractivity contribution is -0.126. The van der Waals surface area contributed by atoms with Crippen molar-refractivity contribution in [2.45, 2.75) is 19.1 Å². The van der Waals surface area contributed by atoms with E-state index < -0.39 is 36.5 Å². The number of hydrogen-bond donors (Lipinski definition) is 4. The van der Waals surface area contributed by atoms with Crippen LogP contribution in [0.2, 0.25) is 0 Å².